The summed E-state index contributed by atoms with van der Waals surface area (Å²) in [5, 5.41) is 1.86. The summed E-state index contributed by atoms with van der Waals surface area (Å²) in [5.74, 6) is 0.810. The Hall–Kier alpha value is -2.01. The minimum absolute atomic E-state index is 0.186. The first kappa shape index (κ1) is 19.9. The third-order valence-electron chi connectivity index (χ3n) is 5.44. The molecule has 10 heteroatoms. The molecular weight excluding hydrogens is 422 g/mol. The number of amides is 1. The molecule has 3 aromatic heterocycles. The van der Waals surface area contributed by atoms with E-state index in [1.54, 1.807) is 17.7 Å². The first-order valence-corrected chi connectivity index (χ1v) is 11.7. The highest BCUT2D eigenvalue weighted by atomic mass is 32.2. The molecule has 0 aromatic carbocycles. The van der Waals surface area contributed by atoms with Crippen molar-refractivity contribution in [1.82, 2.24) is 15.0 Å². The fourth-order valence-electron chi connectivity index (χ4n) is 4.05. The molecule has 0 saturated carbocycles. The third-order valence-corrected chi connectivity index (χ3v) is 7.66. The van der Waals surface area contributed by atoms with Gasteiger partial charge in [-0.25, -0.2) is 15.0 Å². The first-order chi connectivity index (χ1) is 14.4. The van der Waals surface area contributed by atoms with Crippen LogP contribution in [0.3, 0.4) is 0 Å². The summed E-state index contributed by atoms with van der Waals surface area (Å²) in [6.07, 6.45) is 2.35. The number of fused-ring (bicyclic) bond motifs is 5. The Labute approximate surface area is 182 Å². The highest BCUT2D eigenvalue weighted by molar-refractivity contribution is 8.00. The normalized spacial score (nSPS) is 18.7. The number of nitrogens with zero attached hydrogens (tertiary/aromatic N) is 4. The number of hydrogen-bond donors (Lipinski definition) is 1. The number of thioether (sulfide) groups is 1. The van der Waals surface area contributed by atoms with Crippen molar-refractivity contribution in [3.63, 3.8) is 0 Å². The number of carbonyl (C=O) groups is 1. The van der Waals surface area contributed by atoms with Crippen molar-refractivity contribution in [3.8, 4) is 0 Å². The van der Waals surface area contributed by atoms with Crippen LogP contribution in [-0.2, 0) is 27.3 Å². The number of anilines is 1. The highest BCUT2D eigenvalue weighted by Crippen LogP contribution is 2.44. The number of pyridine rings is 1. The van der Waals surface area contributed by atoms with Gasteiger partial charge in [-0.3, -0.25) is 4.79 Å². The molecule has 5 heterocycles. The van der Waals surface area contributed by atoms with Gasteiger partial charge in [0, 0.05) is 30.5 Å². The minimum Gasteiger partial charge on any atom is -0.378 e. The second-order valence-electron chi connectivity index (χ2n) is 8.11. The maximum Gasteiger partial charge on any atom is 0.227 e. The number of thiophene rings is 1. The monoisotopic (exact) mass is 445 g/mol. The zero-order valence-corrected chi connectivity index (χ0v) is 18.6. The minimum atomic E-state index is -0.364. The van der Waals surface area contributed by atoms with Gasteiger partial charge in [-0.15, -0.1) is 11.3 Å². The van der Waals surface area contributed by atoms with E-state index in [0.29, 0.717) is 19.8 Å². The second-order valence-corrected chi connectivity index (χ2v) is 10.1. The summed E-state index contributed by atoms with van der Waals surface area (Å²) >= 11 is 2.93. The molecule has 0 bridgehead atoms. The van der Waals surface area contributed by atoms with Crippen molar-refractivity contribution in [1.29, 1.82) is 0 Å². The van der Waals surface area contributed by atoms with Crippen LogP contribution in [0.1, 0.15) is 25.0 Å². The molecule has 3 aromatic rings. The van der Waals surface area contributed by atoms with Gasteiger partial charge in [-0.2, -0.15) is 0 Å². The number of hydrogen-bond acceptors (Lipinski definition) is 9. The van der Waals surface area contributed by atoms with E-state index < -0.39 is 0 Å². The smallest absolute Gasteiger partial charge is 0.227 e. The molecule has 2 N–H and O–H groups in total. The Bertz CT molecular complexity index is 1140. The van der Waals surface area contributed by atoms with E-state index in [4.69, 9.17) is 20.2 Å². The van der Waals surface area contributed by atoms with Crippen LogP contribution < -0.4 is 10.6 Å². The summed E-state index contributed by atoms with van der Waals surface area (Å²) in [6.45, 7) is 7.81. The van der Waals surface area contributed by atoms with Crippen LogP contribution in [0.5, 0.6) is 0 Å². The number of primary amides is 1. The molecule has 0 aliphatic carbocycles. The SMILES string of the molecule is CC1(C)Cc2c(c(N3CCOCC3)nc3sc4c(SCC(N)=O)ncnc4c23)CO1. The number of ether oxygens (including phenoxy) is 2. The van der Waals surface area contributed by atoms with E-state index in [9.17, 15) is 4.79 Å². The van der Waals surface area contributed by atoms with Gasteiger partial charge in [0.05, 0.1) is 41.4 Å². The van der Waals surface area contributed by atoms with Gasteiger partial charge in [0.2, 0.25) is 5.91 Å². The molecule has 5 rings (SSSR count). The zero-order valence-electron chi connectivity index (χ0n) is 16.9. The number of aromatic nitrogens is 3. The van der Waals surface area contributed by atoms with Gasteiger partial charge in [-0.05, 0) is 19.4 Å². The lowest BCUT2D eigenvalue weighted by atomic mass is 9.90. The quantitative estimate of drug-likeness (QED) is 0.483. The zero-order chi connectivity index (χ0) is 20.9. The summed E-state index contributed by atoms with van der Waals surface area (Å²) < 4.78 is 12.7. The highest BCUT2D eigenvalue weighted by Gasteiger charge is 2.33. The van der Waals surface area contributed by atoms with E-state index in [1.807, 2.05) is 0 Å². The molecule has 1 fully saturated rings. The molecule has 2 aliphatic rings. The first-order valence-electron chi connectivity index (χ1n) is 9.90. The van der Waals surface area contributed by atoms with Crippen LogP contribution in [0, 0.1) is 0 Å². The van der Waals surface area contributed by atoms with Crippen LogP contribution in [0.2, 0.25) is 0 Å². The molecular formula is C20H23N5O3S2. The maximum atomic E-state index is 11.3. The number of morpholine rings is 1. The molecule has 0 atom stereocenters. The van der Waals surface area contributed by atoms with Gasteiger partial charge in [0.15, 0.2) is 0 Å². The summed E-state index contributed by atoms with van der Waals surface area (Å²) in [7, 11) is 0. The number of rotatable bonds is 4. The lowest BCUT2D eigenvalue weighted by Gasteiger charge is -2.36. The largest absolute Gasteiger partial charge is 0.378 e. The van der Waals surface area contributed by atoms with E-state index >= 15 is 0 Å². The molecule has 0 radical (unpaired) electrons. The topological polar surface area (TPSA) is 103 Å². The van der Waals surface area contributed by atoms with E-state index in [-0.39, 0.29) is 17.3 Å². The summed E-state index contributed by atoms with van der Waals surface area (Å²) in [5.41, 5.74) is 8.39. The van der Waals surface area contributed by atoms with E-state index in [2.05, 4.69) is 28.7 Å². The van der Waals surface area contributed by atoms with Crippen molar-refractivity contribution in [3.05, 3.63) is 17.5 Å². The van der Waals surface area contributed by atoms with Crippen LogP contribution in [0.4, 0.5) is 5.82 Å². The molecule has 0 spiro atoms. The Morgan fingerprint density at radius 2 is 2.10 bits per heavy atom. The number of nitrogens with two attached hydrogens (primary N) is 1. The van der Waals surface area contributed by atoms with Crippen LogP contribution in [-0.4, -0.2) is 58.5 Å². The lowest BCUT2D eigenvalue weighted by Crippen LogP contribution is -2.39. The predicted octanol–water partition coefficient (Wildman–Crippen LogP) is 2.50. The molecule has 8 nitrogen and oxygen atoms in total. The lowest BCUT2D eigenvalue weighted by molar-refractivity contribution is -0.115. The molecule has 158 valence electrons. The standard InChI is InChI=1S/C20H23N5O3S2/c1-20(2)7-11-12(8-28-20)17(25-3-5-27-6-4-25)24-18-14(11)15-16(30-18)19(23-10-22-15)29-9-13(21)26/h10H,3-9H2,1-2H3,(H2,21,26). The molecule has 2 aliphatic heterocycles. The Morgan fingerprint density at radius 1 is 1.30 bits per heavy atom. The summed E-state index contributed by atoms with van der Waals surface area (Å²) in [6, 6.07) is 0. The molecule has 1 amide bonds. The van der Waals surface area contributed by atoms with Crippen molar-refractivity contribution in [2.24, 2.45) is 5.73 Å². The Kier molecular flexibility index (Phi) is 5.04. The number of carbonyl (C=O) groups excluding carboxylic acids is 1. The molecule has 0 unspecified atom stereocenters. The fraction of sp³-hybridized carbons (Fsp3) is 0.500. The second kappa shape index (κ2) is 7.60. The van der Waals surface area contributed by atoms with E-state index in [0.717, 1.165) is 56.4 Å². The summed E-state index contributed by atoms with van der Waals surface area (Å²) in [4.78, 5) is 28.6. The van der Waals surface area contributed by atoms with Gasteiger partial charge in [0.1, 0.15) is 22.0 Å². The van der Waals surface area contributed by atoms with Crippen molar-refractivity contribution < 1.29 is 14.3 Å². The predicted molar refractivity (Wildman–Crippen MR) is 118 cm³/mol. The van der Waals surface area contributed by atoms with Gasteiger partial charge >= 0.3 is 0 Å². The van der Waals surface area contributed by atoms with Crippen LogP contribution in [0.25, 0.3) is 20.4 Å². The van der Waals surface area contributed by atoms with Crippen molar-refractivity contribution in [2.75, 3.05) is 37.0 Å². The van der Waals surface area contributed by atoms with Crippen LogP contribution >= 0.6 is 23.1 Å². The molecule has 30 heavy (non-hydrogen) atoms. The Morgan fingerprint density at radius 3 is 2.87 bits per heavy atom. The molecule has 1 saturated heterocycles. The van der Waals surface area contributed by atoms with Crippen molar-refractivity contribution >= 4 is 55.3 Å². The average Bonchev–Trinajstić information content (AvgIpc) is 3.11. The van der Waals surface area contributed by atoms with E-state index in [1.165, 1.54) is 17.3 Å². The Balaban J connectivity index is 1.73. The van der Waals surface area contributed by atoms with Crippen LogP contribution in [0.15, 0.2) is 11.4 Å². The average molecular weight is 446 g/mol. The van der Waals surface area contributed by atoms with Gasteiger partial charge < -0.3 is 20.1 Å². The van der Waals surface area contributed by atoms with Crippen molar-refractivity contribution in [2.45, 2.75) is 37.5 Å². The fourth-order valence-corrected chi connectivity index (χ4v) is 6.02. The van der Waals surface area contributed by atoms with Gasteiger partial charge in [-0.1, -0.05) is 11.8 Å². The van der Waals surface area contributed by atoms with Gasteiger partial charge in [0.25, 0.3) is 0 Å². The maximum absolute atomic E-state index is 11.3. The third kappa shape index (κ3) is 3.51.